The molecule has 9 atom stereocenters. The Hall–Kier alpha value is -2.45. The van der Waals surface area contributed by atoms with Crippen LogP contribution in [0.4, 0.5) is 13.2 Å². The smallest absolute Gasteiger partial charge is 0.391 e. The minimum atomic E-state index is -4.58. The number of hydrogen-bond acceptors (Lipinski definition) is 11. The number of rotatable bonds is 5. The van der Waals surface area contributed by atoms with Crippen LogP contribution >= 0.6 is 0 Å². The lowest BCUT2D eigenvalue weighted by Crippen LogP contribution is -2.52. The van der Waals surface area contributed by atoms with Crippen molar-refractivity contribution in [2.24, 2.45) is 17.3 Å². The highest BCUT2D eigenvalue weighted by atomic mass is 19.4. The summed E-state index contributed by atoms with van der Waals surface area (Å²) < 4.78 is 79.4. The zero-order valence-electron chi connectivity index (χ0n) is 21.0. The van der Waals surface area contributed by atoms with E-state index in [9.17, 15) is 32.3 Å². The summed E-state index contributed by atoms with van der Waals surface area (Å²) in [6.45, 7) is 5.14. The maximum absolute atomic E-state index is 13.6. The third-order valence-corrected chi connectivity index (χ3v) is 8.10. The molecular formula is C24H29F3O11. The summed E-state index contributed by atoms with van der Waals surface area (Å²) in [7, 11) is 0. The Morgan fingerprint density at radius 2 is 1.76 bits per heavy atom. The fourth-order valence-corrected chi connectivity index (χ4v) is 5.36. The quantitative estimate of drug-likeness (QED) is 0.367. The van der Waals surface area contributed by atoms with Gasteiger partial charge in [0.1, 0.15) is 12.0 Å². The van der Waals surface area contributed by atoms with Gasteiger partial charge in [-0.2, -0.15) is 13.2 Å². The van der Waals surface area contributed by atoms with Gasteiger partial charge in [0.2, 0.25) is 12.2 Å². The number of cyclic esters (lactones) is 1. The molecule has 4 saturated heterocycles. The summed E-state index contributed by atoms with van der Waals surface area (Å²) >= 11 is 0. The zero-order chi connectivity index (χ0) is 27.6. The first-order valence-electron chi connectivity index (χ1n) is 12.6. The summed E-state index contributed by atoms with van der Waals surface area (Å²) in [5.74, 6) is -8.56. The number of carbonyl (C=O) groups is 4. The van der Waals surface area contributed by atoms with Crippen molar-refractivity contribution in [3.05, 3.63) is 0 Å². The number of fused-ring (bicyclic) bond motifs is 3. The number of halogens is 3. The van der Waals surface area contributed by atoms with Gasteiger partial charge < -0.3 is 33.2 Å². The largest absolute Gasteiger partial charge is 0.463 e. The van der Waals surface area contributed by atoms with Crippen molar-refractivity contribution in [2.75, 3.05) is 6.61 Å². The second-order valence-corrected chi connectivity index (χ2v) is 10.9. The fourth-order valence-electron chi connectivity index (χ4n) is 5.36. The molecule has 4 aliphatic heterocycles. The van der Waals surface area contributed by atoms with Crippen LogP contribution < -0.4 is 0 Å². The number of ether oxygens (including phenoxy) is 7. The maximum atomic E-state index is 13.6. The van der Waals surface area contributed by atoms with E-state index in [0.717, 1.165) is 0 Å². The van der Waals surface area contributed by atoms with Crippen LogP contribution in [0.5, 0.6) is 0 Å². The molecule has 5 rings (SSSR count). The van der Waals surface area contributed by atoms with Crippen molar-refractivity contribution in [1.29, 1.82) is 0 Å². The van der Waals surface area contributed by atoms with E-state index in [2.05, 4.69) is 0 Å². The molecule has 1 aliphatic carbocycles. The highest BCUT2D eigenvalue weighted by Crippen LogP contribution is 2.54. The predicted molar refractivity (Wildman–Crippen MR) is 114 cm³/mol. The van der Waals surface area contributed by atoms with E-state index in [4.69, 9.17) is 33.2 Å². The minimum Gasteiger partial charge on any atom is -0.463 e. The van der Waals surface area contributed by atoms with Gasteiger partial charge in [-0.25, -0.2) is 9.59 Å². The number of alkyl halides is 3. The molecule has 1 spiro atoms. The fraction of sp³-hybridized carbons (Fsp3) is 0.833. The first-order chi connectivity index (χ1) is 17.8. The van der Waals surface area contributed by atoms with Gasteiger partial charge in [-0.15, -0.1) is 0 Å². The van der Waals surface area contributed by atoms with Crippen LogP contribution in [0.1, 0.15) is 52.9 Å². The van der Waals surface area contributed by atoms with Crippen molar-refractivity contribution in [3.8, 4) is 0 Å². The van der Waals surface area contributed by atoms with Crippen LogP contribution in [0.3, 0.4) is 0 Å². The van der Waals surface area contributed by atoms with E-state index in [1.165, 1.54) is 0 Å². The molecule has 0 N–H and O–H groups in total. The number of carbonyl (C=O) groups excluding carboxylic acids is 4. The van der Waals surface area contributed by atoms with E-state index < -0.39 is 103 Å². The molecular weight excluding hydrogens is 521 g/mol. The maximum Gasteiger partial charge on any atom is 0.391 e. The molecule has 5 aliphatic rings. The summed E-state index contributed by atoms with van der Waals surface area (Å²) in [4.78, 5) is 49.9. The highest BCUT2D eigenvalue weighted by molar-refractivity contribution is 5.84. The third-order valence-electron chi connectivity index (χ3n) is 8.10. The molecule has 4 heterocycles. The Morgan fingerprint density at radius 1 is 1.03 bits per heavy atom. The predicted octanol–water partition coefficient (Wildman–Crippen LogP) is 1.93. The Bertz CT molecular complexity index is 1010. The van der Waals surface area contributed by atoms with Crippen LogP contribution in [-0.2, 0) is 52.3 Å². The summed E-state index contributed by atoms with van der Waals surface area (Å²) in [6, 6.07) is 0. The van der Waals surface area contributed by atoms with Crippen molar-refractivity contribution < 1.29 is 65.5 Å². The molecule has 0 amide bonds. The van der Waals surface area contributed by atoms with Crippen LogP contribution in [0, 0.1) is 17.3 Å². The van der Waals surface area contributed by atoms with Gasteiger partial charge in [0, 0.05) is 12.8 Å². The Kier molecular flexibility index (Phi) is 6.66. The molecule has 0 aromatic carbocycles. The average molecular weight is 550 g/mol. The Morgan fingerprint density at radius 3 is 2.39 bits per heavy atom. The van der Waals surface area contributed by atoms with Gasteiger partial charge >= 0.3 is 30.1 Å². The normalized spacial score (nSPS) is 40.5. The van der Waals surface area contributed by atoms with Gasteiger partial charge in [-0.1, -0.05) is 6.92 Å². The van der Waals surface area contributed by atoms with Crippen molar-refractivity contribution in [1.82, 2.24) is 0 Å². The lowest BCUT2D eigenvalue weighted by atomic mass is 9.76. The molecule has 0 aromatic heterocycles. The molecule has 5 fully saturated rings. The monoisotopic (exact) mass is 550 g/mol. The molecule has 9 unspecified atom stereocenters. The second-order valence-electron chi connectivity index (χ2n) is 10.9. The average Bonchev–Trinajstić information content (AvgIpc) is 3.56. The molecule has 1 saturated carbocycles. The highest BCUT2D eigenvalue weighted by Gasteiger charge is 2.69. The van der Waals surface area contributed by atoms with Crippen molar-refractivity contribution in [3.63, 3.8) is 0 Å². The van der Waals surface area contributed by atoms with E-state index in [-0.39, 0.29) is 19.4 Å². The standard InChI is InChI=1S/C24H29F3O11/c1-4-22(2,3)21(31)36-15-13-14(34-19(15)30)16-20(35-13)38-23(37-16)7-5-10(24(25,26)27)9-11(23)17(28)33-12-6-8-32-18(12)29/h10-16,20H,4-9H2,1-3H3. The van der Waals surface area contributed by atoms with Gasteiger partial charge in [0.05, 0.1) is 17.9 Å². The summed E-state index contributed by atoms with van der Waals surface area (Å²) in [5.41, 5.74) is -0.861. The molecule has 0 bridgehead atoms. The molecule has 38 heavy (non-hydrogen) atoms. The molecule has 14 heteroatoms. The second kappa shape index (κ2) is 9.33. The molecule has 11 nitrogen and oxygen atoms in total. The first kappa shape index (κ1) is 27.1. The van der Waals surface area contributed by atoms with Gasteiger partial charge in [0.25, 0.3) is 0 Å². The van der Waals surface area contributed by atoms with Gasteiger partial charge in [0.15, 0.2) is 24.3 Å². The molecule has 0 radical (unpaired) electrons. The first-order valence-corrected chi connectivity index (χ1v) is 12.6. The van der Waals surface area contributed by atoms with Gasteiger partial charge in [-0.3, -0.25) is 9.59 Å². The minimum absolute atomic E-state index is 0.0262. The van der Waals surface area contributed by atoms with E-state index >= 15 is 0 Å². The lowest BCUT2D eigenvalue weighted by molar-refractivity contribution is -0.288. The van der Waals surface area contributed by atoms with E-state index in [1.807, 2.05) is 0 Å². The molecule has 212 valence electrons. The van der Waals surface area contributed by atoms with Gasteiger partial charge in [-0.05, 0) is 33.1 Å². The number of esters is 4. The third kappa shape index (κ3) is 4.53. The number of hydrogen-bond donors (Lipinski definition) is 0. The molecule has 0 aromatic rings. The zero-order valence-corrected chi connectivity index (χ0v) is 21.0. The van der Waals surface area contributed by atoms with Crippen LogP contribution in [0.15, 0.2) is 0 Å². The Labute approximate surface area is 215 Å². The van der Waals surface area contributed by atoms with E-state index in [1.54, 1.807) is 20.8 Å². The summed E-state index contributed by atoms with van der Waals surface area (Å²) in [6.07, 6.45) is -12.5. The SMILES string of the molecule is CCC(C)(C)C(=O)OC1C(=O)OC2C3OC4(CCC(C(F)(F)F)CC4C(=O)OC4CCOC4=O)OC3OC12. The van der Waals surface area contributed by atoms with Crippen LogP contribution in [-0.4, -0.2) is 79.3 Å². The van der Waals surface area contributed by atoms with Crippen LogP contribution in [0.25, 0.3) is 0 Å². The summed E-state index contributed by atoms with van der Waals surface area (Å²) in [5, 5.41) is 0. The lowest BCUT2D eigenvalue weighted by Gasteiger charge is -2.42. The Balaban J connectivity index is 1.33. The topological polar surface area (TPSA) is 133 Å². The van der Waals surface area contributed by atoms with Crippen molar-refractivity contribution >= 4 is 23.9 Å². The van der Waals surface area contributed by atoms with Crippen molar-refractivity contribution in [2.45, 2.75) is 102 Å². The van der Waals surface area contributed by atoms with E-state index in [0.29, 0.717) is 6.42 Å². The van der Waals surface area contributed by atoms with Crippen LogP contribution in [0.2, 0.25) is 0 Å².